The maximum Gasteiger partial charge on any atom is 0.251 e. The van der Waals surface area contributed by atoms with Crippen LogP contribution < -0.4 is 5.32 Å². The highest BCUT2D eigenvalue weighted by Crippen LogP contribution is 2.18. The molecule has 0 spiro atoms. The van der Waals surface area contributed by atoms with E-state index in [1.165, 1.54) is 24.3 Å². The molecule has 144 valence electrons. The molecule has 0 aliphatic carbocycles. The van der Waals surface area contributed by atoms with Crippen LogP contribution in [0.25, 0.3) is 11.0 Å². The van der Waals surface area contributed by atoms with E-state index in [2.05, 4.69) is 10.3 Å². The zero-order valence-corrected chi connectivity index (χ0v) is 15.4. The lowest BCUT2D eigenvalue weighted by Crippen LogP contribution is -2.32. The monoisotopic (exact) mass is 380 g/mol. The van der Waals surface area contributed by atoms with Gasteiger partial charge in [-0.15, -0.1) is 0 Å². The number of likely N-dealkylation sites (tertiary alicyclic amines) is 1. The Morgan fingerprint density at radius 3 is 2.50 bits per heavy atom. The third-order valence-corrected chi connectivity index (χ3v) is 5.00. The van der Waals surface area contributed by atoms with Gasteiger partial charge in [-0.3, -0.25) is 9.59 Å². The van der Waals surface area contributed by atoms with Gasteiger partial charge in [-0.2, -0.15) is 0 Å². The maximum absolute atomic E-state index is 13.0. The van der Waals surface area contributed by atoms with Crippen LogP contribution in [-0.2, 0) is 17.9 Å². The van der Waals surface area contributed by atoms with Crippen LogP contribution in [0.4, 0.5) is 4.39 Å². The molecule has 1 aliphatic rings. The average molecular weight is 380 g/mol. The highest BCUT2D eigenvalue weighted by molar-refractivity contribution is 5.94. The molecule has 28 heavy (non-hydrogen) atoms. The van der Waals surface area contributed by atoms with Gasteiger partial charge in [0.05, 0.1) is 17.6 Å². The normalized spacial score (nSPS) is 13.8. The number of benzene rings is 2. The zero-order valence-electron chi connectivity index (χ0n) is 15.4. The van der Waals surface area contributed by atoms with E-state index >= 15 is 0 Å². The Bertz CT molecular complexity index is 1010. The van der Waals surface area contributed by atoms with E-state index in [0.29, 0.717) is 11.4 Å². The molecule has 7 heteroatoms. The second-order valence-corrected chi connectivity index (χ2v) is 6.88. The highest BCUT2D eigenvalue weighted by atomic mass is 19.1. The Kier molecular flexibility index (Phi) is 5.06. The summed E-state index contributed by atoms with van der Waals surface area (Å²) in [6.45, 7) is 1.96. The third kappa shape index (κ3) is 3.74. The van der Waals surface area contributed by atoms with Crippen LogP contribution in [0.15, 0.2) is 48.5 Å². The van der Waals surface area contributed by atoms with Gasteiger partial charge < -0.3 is 14.8 Å². The summed E-state index contributed by atoms with van der Waals surface area (Å²) in [6, 6.07) is 13.0. The van der Waals surface area contributed by atoms with Crippen molar-refractivity contribution in [2.45, 2.75) is 25.9 Å². The second-order valence-electron chi connectivity index (χ2n) is 6.88. The van der Waals surface area contributed by atoms with Gasteiger partial charge in [0, 0.05) is 18.7 Å². The van der Waals surface area contributed by atoms with E-state index in [9.17, 15) is 14.0 Å². The van der Waals surface area contributed by atoms with Crippen LogP contribution in [0.1, 0.15) is 29.0 Å². The van der Waals surface area contributed by atoms with Crippen LogP contribution in [0.2, 0.25) is 0 Å². The smallest absolute Gasteiger partial charge is 0.251 e. The molecule has 0 bridgehead atoms. The molecule has 1 aromatic heterocycles. The minimum Gasteiger partial charge on any atom is -0.345 e. The number of aromatic nitrogens is 2. The van der Waals surface area contributed by atoms with Gasteiger partial charge in [-0.05, 0) is 49.2 Å². The summed E-state index contributed by atoms with van der Waals surface area (Å²) in [5.41, 5.74) is 2.01. The van der Waals surface area contributed by atoms with Crippen molar-refractivity contribution >= 4 is 22.8 Å². The maximum atomic E-state index is 13.0. The van der Waals surface area contributed by atoms with Crippen molar-refractivity contribution in [2.24, 2.45) is 0 Å². The molecule has 6 nitrogen and oxygen atoms in total. The van der Waals surface area contributed by atoms with Gasteiger partial charge in [0.15, 0.2) is 0 Å². The van der Waals surface area contributed by atoms with Crippen molar-refractivity contribution in [3.63, 3.8) is 0 Å². The predicted octanol–water partition coefficient (Wildman–Crippen LogP) is 2.73. The Morgan fingerprint density at radius 2 is 1.75 bits per heavy atom. The number of para-hydroxylation sites is 2. The number of hydrogen-bond acceptors (Lipinski definition) is 3. The van der Waals surface area contributed by atoms with E-state index in [1.807, 2.05) is 33.7 Å². The number of carbonyl (C=O) groups excluding carboxylic acids is 2. The van der Waals surface area contributed by atoms with E-state index in [-0.39, 0.29) is 24.9 Å². The van der Waals surface area contributed by atoms with Gasteiger partial charge in [0.25, 0.3) is 5.91 Å². The number of hydrogen-bond donors (Lipinski definition) is 1. The van der Waals surface area contributed by atoms with Crippen molar-refractivity contribution in [2.75, 3.05) is 13.1 Å². The first-order valence-corrected chi connectivity index (χ1v) is 9.37. The lowest BCUT2D eigenvalue weighted by Gasteiger charge is -2.17. The van der Waals surface area contributed by atoms with Crippen molar-refractivity contribution < 1.29 is 14.0 Å². The Labute approximate surface area is 162 Å². The molecule has 0 saturated carbocycles. The number of amides is 2. The number of nitrogens with one attached hydrogen (secondary N) is 1. The van der Waals surface area contributed by atoms with Gasteiger partial charge in [-0.25, -0.2) is 9.37 Å². The summed E-state index contributed by atoms with van der Waals surface area (Å²) in [5, 5.41) is 2.81. The summed E-state index contributed by atoms with van der Waals surface area (Å²) in [5.74, 6) is -0.0285. The molecule has 0 radical (unpaired) electrons. The second kappa shape index (κ2) is 7.80. The SMILES string of the molecule is O=C(NCc1nc2ccccc2n1CC(=O)N1CCCC1)c1ccc(F)cc1. The van der Waals surface area contributed by atoms with Gasteiger partial charge >= 0.3 is 0 Å². The van der Waals surface area contributed by atoms with E-state index in [1.54, 1.807) is 0 Å². The molecule has 1 aliphatic heterocycles. The molecule has 0 atom stereocenters. The molecule has 1 saturated heterocycles. The van der Waals surface area contributed by atoms with Crippen molar-refractivity contribution in [3.8, 4) is 0 Å². The van der Waals surface area contributed by atoms with E-state index < -0.39 is 5.82 Å². The fourth-order valence-electron chi connectivity index (χ4n) is 3.50. The summed E-state index contributed by atoms with van der Waals surface area (Å²) in [7, 11) is 0. The first-order valence-electron chi connectivity index (χ1n) is 9.37. The summed E-state index contributed by atoms with van der Waals surface area (Å²) in [4.78, 5) is 31.5. The number of nitrogens with zero attached hydrogens (tertiary/aromatic N) is 3. The van der Waals surface area contributed by atoms with Crippen molar-refractivity contribution in [1.82, 2.24) is 19.8 Å². The van der Waals surface area contributed by atoms with Crippen LogP contribution >= 0.6 is 0 Å². The quantitative estimate of drug-likeness (QED) is 0.740. The summed E-state index contributed by atoms with van der Waals surface area (Å²) in [6.07, 6.45) is 2.08. The minimum absolute atomic E-state index is 0.0618. The molecule has 2 amide bonds. The zero-order chi connectivity index (χ0) is 19.5. The molecule has 2 aromatic carbocycles. The number of imidazole rings is 1. The number of fused-ring (bicyclic) bond motifs is 1. The van der Waals surface area contributed by atoms with Gasteiger partial charge in [0.1, 0.15) is 18.2 Å². The molecule has 0 unspecified atom stereocenters. The summed E-state index contributed by atoms with van der Waals surface area (Å²) < 4.78 is 14.9. The molecule has 3 aromatic rings. The molecule has 2 heterocycles. The minimum atomic E-state index is -0.390. The van der Waals surface area contributed by atoms with Gasteiger partial charge in [0.2, 0.25) is 5.91 Å². The Morgan fingerprint density at radius 1 is 1.04 bits per heavy atom. The van der Waals surface area contributed by atoms with Gasteiger partial charge in [-0.1, -0.05) is 12.1 Å². The Balaban J connectivity index is 1.54. The van der Waals surface area contributed by atoms with E-state index in [4.69, 9.17) is 0 Å². The summed E-state index contributed by atoms with van der Waals surface area (Å²) >= 11 is 0. The standard InChI is InChI=1S/C21H21FN4O2/c22-16-9-7-15(8-10-16)21(28)23-13-19-24-17-5-1-2-6-18(17)26(19)14-20(27)25-11-3-4-12-25/h1-2,5-10H,3-4,11-14H2,(H,23,28). The third-order valence-electron chi connectivity index (χ3n) is 5.00. The molecule has 4 rings (SSSR count). The number of carbonyl (C=O) groups is 2. The fourth-order valence-corrected chi connectivity index (χ4v) is 3.50. The lowest BCUT2D eigenvalue weighted by molar-refractivity contribution is -0.130. The topological polar surface area (TPSA) is 67.2 Å². The highest BCUT2D eigenvalue weighted by Gasteiger charge is 2.21. The lowest BCUT2D eigenvalue weighted by atomic mass is 10.2. The van der Waals surface area contributed by atoms with E-state index in [0.717, 1.165) is 37.0 Å². The van der Waals surface area contributed by atoms with Crippen LogP contribution in [0.5, 0.6) is 0 Å². The first kappa shape index (κ1) is 18.2. The van der Waals surface area contributed by atoms with Crippen molar-refractivity contribution in [3.05, 3.63) is 65.7 Å². The number of rotatable bonds is 5. The average Bonchev–Trinajstić information content (AvgIpc) is 3.35. The van der Waals surface area contributed by atoms with Crippen molar-refractivity contribution in [1.29, 1.82) is 0 Å². The predicted molar refractivity (Wildman–Crippen MR) is 103 cm³/mol. The first-order chi connectivity index (χ1) is 13.6. The molecular weight excluding hydrogens is 359 g/mol. The largest absolute Gasteiger partial charge is 0.345 e. The number of halogens is 1. The Hall–Kier alpha value is -3.22. The van der Waals surface area contributed by atoms with Crippen LogP contribution in [-0.4, -0.2) is 39.4 Å². The fraction of sp³-hybridized carbons (Fsp3) is 0.286. The molecule has 1 N–H and O–H groups in total. The van der Waals surface area contributed by atoms with Crippen LogP contribution in [0.3, 0.4) is 0 Å². The molecular formula is C21H21FN4O2. The van der Waals surface area contributed by atoms with Crippen LogP contribution in [0, 0.1) is 5.82 Å². The molecule has 1 fully saturated rings.